The molecule has 0 radical (unpaired) electrons. The Bertz CT molecular complexity index is 572. The molecule has 1 aromatic carbocycles. The number of halogens is 1. The molecular weight excluding hydrogens is 316 g/mol. The second kappa shape index (κ2) is 7.24. The fourth-order valence-electron chi connectivity index (χ4n) is 1.97. The Morgan fingerprint density at radius 2 is 1.85 bits per heavy atom. The number of benzene rings is 1. The van der Waals surface area contributed by atoms with Crippen LogP contribution < -0.4 is 10.6 Å². The van der Waals surface area contributed by atoms with Gasteiger partial charge in [-0.3, -0.25) is 0 Å². The van der Waals surface area contributed by atoms with E-state index in [9.17, 15) is 0 Å². The monoisotopic (exact) mass is 334 g/mol. The van der Waals surface area contributed by atoms with Crippen LogP contribution in [0.4, 0.5) is 11.6 Å². The third-order valence-corrected chi connectivity index (χ3v) is 3.53. The molecule has 0 aliphatic heterocycles. The lowest BCUT2D eigenvalue weighted by molar-refractivity contribution is 0.985. The molecule has 20 heavy (non-hydrogen) atoms. The summed E-state index contributed by atoms with van der Waals surface area (Å²) < 4.78 is 1.12. The Kier molecular flexibility index (Phi) is 5.35. The van der Waals surface area contributed by atoms with E-state index in [0.29, 0.717) is 0 Å². The highest BCUT2D eigenvalue weighted by atomic mass is 79.9. The number of aryl methyl sites for hydroxylation is 1. The van der Waals surface area contributed by atoms with E-state index in [1.165, 1.54) is 11.1 Å². The number of rotatable bonds is 6. The van der Waals surface area contributed by atoms with E-state index in [-0.39, 0.29) is 0 Å². The SMILES string of the molecule is CCNc1cc(NCCc2cc(Br)ccc2C)ncn1. The van der Waals surface area contributed by atoms with Gasteiger partial charge in [0.25, 0.3) is 0 Å². The van der Waals surface area contributed by atoms with Gasteiger partial charge < -0.3 is 10.6 Å². The molecule has 106 valence electrons. The highest BCUT2D eigenvalue weighted by Crippen LogP contribution is 2.16. The molecule has 4 nitrogen and oxygen atoms in total. The van der Waals surface area contributed by atoms with E-state index in [0.717, 1.165) is 35.6 Å². The molecule has 2 rings (SSSR count). The van der Waals surface area contributed by atoms with Gasteiger partial charge in [-0.05, 0) is 43.5 Å². The van der Waals surface area contributed by atoms with Crippen LogP contribution in [0.2, 0.25) is 0 Å². The third-order valence-electron chi connectivity index (χ3n) is 3.04. The maximum atomic E-state index is 4.22. The van der Waals surface area contributed by atoms with Crippen LogP contribution in [-0.4, -0.2) is 23.1 Å². The lowest BCUT2D eigenvalue weighted by Gasteiger charge is -2.09. The normalized spacial score (nSPS) is 10.3. The minimum atomic E-state index is 0.847. The first-order valence-corrected chi connectivity index (χ1v) is 7.53. The maximum Gasteiger partial charge on any atom is 0.131 e. The van der Waals surface area contributed by atoms with Crippen LogP contribution in [0.5, 0.6) is 0 Å². The first kappa shape index (κ1) is 14.8. The second-order valence-corrected chi connectivity index (χ2v) is 5.48. The molecule has 0 amide bonds. The molecule has 0 unspecified atom stereocenters. The smallest absolute Gasteiger partial charge is 0.131 e. The van der Waals surface area contributed by atoms with E-state index in [2.05, 4.69) is 61.7 Å². The van der Waals surface area contributed by atoms with Crippen LogP contribution in [0.15, 0.2) is 35.1 Å². The van der Waals surface area contributed by atoms with Crippen molar-refractivity contribution in [1.82, 2.24) is 9.97 Å². The molecule has 0 spiro atoms. The molecule has 0 atom stereocenters. The number of nitrogens with zero attached hydrogens (tertiary/aromatic N) is 2. The highest BCUT2D eigenvalue weighted by molar-refractivity contribution is 9.10. The number of anilines is 2. The molecule has 0 saturated heterocycles. The molecular formula is C15H19BrN4. The number of aromatic nitrogens is 2. The largest absolute Gasteiger partial charge is 0.370 e. The van der Waals surface area contributed by atoms with Gasteiger partial charge in [0.05, 0.1) is 0 Å². The van der Waals surface area contributed by atoms with Crippen LogP contribution in [0.25, 0.3) is 0 Å². The van der Waals surface area contributed by atoms with Gasteiger partial charge in [0, 0.05) is 23.6 Å². The van der Waals surface area contributed by atoms with E-state index in [1.54, 1.807) is 6.33 Å². The highest BCUT2D eigenvalue weighted by Gasteiger charge is 2.01. The first-order chi connectivity index (χ1) is 9.69. The third kappa shape index (κ3) is 4.20. The van der Waals surface area contributed by atoms with Gasteiger partial charge in [-0.1, -0.05) is 22.0 Å². The van der Waals surface area contributed by atoms with Crippen molar-refractivity contribution in [2.75, 3.05) is 23.7 Å². The lowest BCUT2D eigenvalue weighted by atomic mass is 10.1. The van der Waals surface area contributed by atoms with Gasteiger partial charge >= 0.3 is 0 Å². The van der Waals surface area contributed by atoms with Gasteiger partial charge in [0.1, 0.15) is 18.0 Å². The zero-order valence-corrected chi connectivity index (χ0v) is 13.4. The number of hydrogen-bond acceptors (Lipinski definition) is 4. The van der Waals surface area contributed by atoms with Crippen molar-refractivity contribution in [3.05, 3.63) is 46.2 Å². The molecule has 1 aromatic heterocycles. The van der Waals surface area contributed by atoms with E-state index >= 15 is 0 Å². The first-order valence-electron chi connectivity index (χ1n) is 6.74. The predicted molar refractivity (Wildman–Crippen MR) is 87.3 cm³/mol. The van der Waals surface area contributed by atoms with Crippen molar-refractivity contribution >= 4 is 27.6 Å². The molecule has 5 heteroatoms. The van der Waals surface area contributed by atoms with Crippen molar-refractivity contribution in [3.63, 3.8) is 0 Å². The van der Waals surface area contributed by atoms with Crippen LogP contribution in [-0.2, 0) is 6.42 Å². The predicted octanol–water partition coefficient (Wildman–Crippen LogP) is 3.63. The second-order valence-electron chi connectivity index (χ2n) is 4.57. The Morgan fingerprint density at radius 3 is 2.60 bits per heavy atom. The molecule has 0 fully saturated rings. The summed E-state index contributed by atoms with van der Waals surface area (Å²) in [5, 5.41) is 6.51. The average Bonchev–Trinajstić information content (AvgIpc) is 2.43. The van der Waals surface area contributed by atoms with E-state index in [4.69, 9.17) is 0 Å². The summed E-state index contributed by atoms with van der Waals surface area (Å²) in [4.78, 5) is 8.37. The van der Waals surface area contributed by atoms with Crippen molar-refractivity contribution in [2.45, 2.75) is 20.3 Å². The van der Waals surface area contributed by atoms with Crippen molar-refractivity contribution in [1.29, 1.82) is 0 Å². The molecule has 2 N–H and O–H groups in total. The fraction of sp³-hybridized carbons (Fsp3) is 0.333. The van der Waals surface area contributed by atoms with Crippen molar-refractivity contribution < 1.29 is 0 Å². The lowest BCUT2D eigenvalue weighted by Crippen LogP contribution is -2.08. The standard InChI is InChI=1S/C15H19BrN4/c1-3-17-14-9-15(20-10-19-14)18-7-6-12-8-13(16)5-4-11(12)2/h4-5,8-10H,3,6-7H2,1-2H3,(H2,17,18,19,20). The van der Waals surface area contributed by atoms with E-state index in [1.807, 2.05) is 13.0 Å². The van der Waals surface area contributed by atoms with Crippen LogP contribution >= 0.6 is 15.9 Å². The molecule has 0 bridgehead atoms. The quantitative estimate of drug-likeness (QED) is 0.846. The van der Waals surface area contributed by atoms with Crippen LogP contribution in [0.1, 0.15) is 18.1 Å². The van der Waals surface area contributed by atoms with Gasteiger partial charge in [-0.15, -0.1) is 0 Å². The fourth-order valence-corrected chi connectivity index (χ4v) is 2.37. The minimum Gasteiger partial charge on any atom is -0.370 e. The zero-order valence-electron chi connectivity index (χ0n) is 11.8. The molecule has 0 aliphatic rings. The summed E-state index contributed by atoms with van der Waals surface area (Å²) in [6, 6.07) is 8.30. The van der Waals surface area contributed by atoms with Gasteiger partial charge in [0.15, 0.2) is 0 Å². The van der Waals surface area contributed by atoms with Crippen molar-refractivity contribution in [3.8, 4) is 0 Å². The van der Waals surface area contributed by atoms with Crippen molar-refractivity contribution in [2.24, 2.45) is 0 Å². The Hall–Kier alpha value is -1.62. The van der Waals surface area contributed by atoms with E-state index < -0.39 is 0 Å². The zero-order chi connectivity index (χ0) is 14.4. The number of hydrogen-bond donors (Lipinski definition) is 2. The Labute approximate surface area is 128 Å². The summed E-state index contributed by atoms with van der Waals surface area (Å²) in [7, 11) is 0. The molecule has 1 heterocycles. The molecule has 0 saturated carbocycles. The van der Waals surface area contributed by atoms with Gasteiger partial charge in [0.2, 0.25) is 0 Å². The summed E-state index contributed by atoms with van der Waals surface area (Å²) in [5.74, 6) is 1.70. The topological polar surface area (TPSA) is 49.8 Å². The van der Waals surface area contributed by atoms with Gasteiger partial charge in [-0.2, -0.15) is 0 Å². The number of nitrogens with one attached hydrogen (secondary N) is 2. The summed E-state index contributed by atoms with van der Waals surface area (Å²) >= 11 is 3.51. The molecule has 2 aromatic rings. The summed E-state index contributed by atoms with van der Waals surface area (Å²) in [6.07, 6.45) is 2.54. The van der Waals surface area contributed by atoms with Gasteiger partial charge in [-0.25, -0.2) is 9.97 Å². The minimum absolute atomic E-state index is 0.847. The molecule has 0 aliphatic carbocycles. The maximum absolute atomic E-state index is 4.22. The Balaban J connectivity index is 1.92. The summed E-state index contributed by atoms with van der Waals surface area (Å²) in [5.41, 5.74) is 2.65. The average molecular weight is 335 g/mol. The van der Waals surface area contributed by atoms with Crippen LogP contribution in [0, 0.1) is 6.92 Å². The Morgan fingerprint density at radius 1 is 1.10 bits per heavy atom. The van der Waals surface area contributed by atoms with Crippen LogP contribution in [0.3, 0.4) is 0 Å². The summed E-state index contributed by atoms with van der Waals surface area (Å²) in [6.45, 7) is 5.88.